The molecule has 0 spiro atoms. The Bertz CT molecular complexity index is 706. The fourth-order valence-electron chi connectivity index (χ4n) is 2.38. The SMILES string of the molecule is NNC(Cc1ccc(Cl)cc1)c1csc2ccccc12. The second kappa shape index (κ2) is 5.94. The van der Waals surface area contributed by atoms with E-state index in [9.17, 15) is 0 Å². The highest BCUT2D eigenvalue weighted by atomic mass is 35.5. The molecule has 2 aromatic carbocycles. The molecule has 0 saturated carbocycles. The van der Waals surface area contributed by atoms with Crippen LogP contribution in [0.15, 0.2) is 53.9 Å². The molecule has 3 rings (SSSR count). The van der Waals surface area contributed by atoms with Crippen molar-refractivity contribution in [3.63, 3.8) is 0 Å². The van der Waals surface area contributed by atoms with Crippen LogP contribution in [0.1, 0.15) is 17.2 Å². The molecule has 2 nitrogen and oxygen atoms in total. The van der Waals surface area contributed by atoms with E-state index >= 15 is 0 Å². The molecule has 1 heterocycles. The van der Waals surface area contributed by atoms with Gasteiger partial charge in [-0.15, -0.1) is 11.3 Å². The van der Waals surface area contributed by atoms with Gasteiger partial charge in [0.25, 0.3) is 0 Å². The minimum atomic E-state index is 0.104. The van der Waals surface area contributed by atoms with Crippen molar-refractivity contribution in [3.05, 3.63) is 70.1 Å². The number of nitrogens with two attached hydrogens (primary N) is 1. The van der Waals surface area contributed by atoms with Crippen molar-refractivity contribution in [2.75, 3.05) is 0 Å². The van der Waals surface area contributed by atoms with E-state index in [1.54, 1.807) is 11.3 Å². The van der Waals surface area contributed by atoms with Gasteiger partial charge < -0.3 is 0 Å². The minimum absolute atomic E-state index is 0.104. The zero-order valence-corrected chi connectivity index (χ0v) is 12.4. The summed E-state index contributed by atoms with van der Waals surface area (Å²) >= 11 is 7.68. The zero-order chi connectivity index (χ0) is 13.9. The molecule has 0 aliphatic carbocycles. The van der Waals surface area contributed by atoms with Crippen LogP contribution in [0.3, 0.4) is 0 Å². The first kappa shape index (κ1) is 13.6. The van der Waals surface area contributed by atoms with Gasteiger partial charge >= 0.3 is 0 Å². The molecule has 3 N–H and O–H groups in total. The van der Waals surface area contributed by atoms with Crippen LogP contribution < -0.4 is 11.3 Å². The summed E-state index contributed by atoms with van der Waals surface area (Å²) in [5, 5.41) is 4.21. The van der Waals surface area contributed by atoms with Crippen LogP contribution in [0.5, 0.6) is 0 Å². The first-order chi connectivity index (χ1) is 9.78. The predicted molar refractivity (Wildman–Crippen MR) is 87.0 cm³/mol. The van der Waals surface area contributed by atoms with Gasteiger partial charge in [-0.1, -0.05) is 41.9 Å². The Morgan fingerprint density at radius 1 is 1.10 bits per heavy atom. The van der Waals surface area contributed by atoms with Gasteiger partial charge in [0.05, 0.1) is 6.04 Å². The maximum atomic E-state index is 5.92. The average molecular weight is 303 g/mol. The van der Waals surface area contributed by atoms with E-state index in [1.807, 2.05) is 24.3 Å². The molecule has 20 heavy (non-hydrogen) atoms. The fraction of sp³-hybridized carbons (Fsp3) is 0.125. The van der Waals surface area contributed by atoms with Crippen LogP contribution in [0.4, 0.5) is 0 Å². The Morgan fingerprint density at radius 3 is 2.60 bits per heavy atom. The standard InChI is InChI=1S/C16H15ClN2S/c17-12-7-5-11(6-8-12)9-15(19-18)14-10-20-16-4-2-1-3-13(14)16/h1-8,10,15,19H,9,18H2. The second-order valence-electron chi connectivity index (χ2n) is 4.74. The van der Waals surface area contributed by atoms with E-state index in [0.717, 1.165) is 11.4 Å². The summed E-state index contributed by atoms with van der Waals surface area (Å²) in [5.74, 6) is 5.76. The highest BCUT2D eigenvalue weighted by Gasteiger charge is 2.15. The summed E-state index contributed by atoms with van der Waals surface area (Å²) < 4.78 is 1.29. The Balaban J connectivity index is 1.91. The first-order valence-corrected chi connectivity index (χ1v) is 7.70. The van der Waals surface area contributed by atoms with E-state index < -0.39 is 0 Å². The quantitative estimate of drug-likeness (QED) is 0.557. The molecular weight excluding hydrogens is 288 g/mol. The molecule has 0 saturated heterocycles. The molecular formula is C16H15ClN2S. The van der Waals surface area contributed by atoms with Gasteiger partial charge in [-0.25, -0.2) is 0 Å². The number of fused-ring (bicyclic) bond motifs is 1. The van der Waals surface area contributed by atoms with Crippen molar-refractivity contribution in [3.8, 4) is 0 Å². The lowest BCUT2D eigenvalue weighted by Gasteiger charge is -2.15. The second-order valence-corrected chi connectivity index (χ2v) is 6.08. The molecule has 3 aromatic rings. The molecule has 0 radical (unpaired) electrons. The largest absolute Gasteiger partial charge is 0.271 e. The highest BCUT2D eigenvalue weighted by Crippen LogP contribution is 2.31. The van der Waals surface area contributed by atoms with Crippen LogP contribution in [0, 0.1) is 0 Å². The number of rotatable bonds is 4. The molecule has 0 aliphatic rings. The molecule has 1 aromatic heterocycles. The number of hydrogen-bond donors (Lipinski definition) is 2. The van der Waals surface area contributed by atoms with Gasteiger partial charge in [-0.05, 0) is 46.5 Å². The normalized spacial score (nSPS) is 12.7. The average Bonchev–Trinajstić information content (AvgIpc) is 2.91. The monoisotopic (exact) mass is 302 g/mol. The molecule has 1 unspecified atom stereocenters. The van der Waals surface area contributed by atoms with E-state index in [4.69, 9.17) is 17.4 Å². The zero-order valence-electron chi connectivity index (χ0n) is 10.8. The molecule has 4 heteroatoms. The highest BCUT2D eigenvalue weighted by molar-refractivity contribution is 7.17. The molecule has 102 valence electrons. The Hall–Kier alpha value is -1.39. The fourth-order valence-corrected chi connectivity index (χ4v) is 3.52. The van der Waals surface area contributed by atoms with E-state index in [0.29, 0.717) is 0 Å². The van der Waals surface area contributed by atoms with Gasteiger partial charge in [-0.3, -0.25) is 11.3 Å². The van der Waals surface area contributed by atoms with Gasteiger partial charge in [-0.2, -0.15) is 0 Å². The van der Waals surface area contributed by atoms with Crippen molar-refractivity contribution in [2.24, 2.45) is 5.84 Å². The van der Waals surface area contributed by atoms with Crippen LogP contribution >= 0.6 is 22.9 Å². The lowest BCUT2D eigenvalue weighted by atomic mass is 9.99. The van der Waals surface area contributed by atoms with Gasteiger partial charge in [0.2, 0.25) is 0 Å². The van der Waals surface area contributed by atoms with Gasteiger partial charge in [0.1, 0.15) is 0 Å². The number of benzene rings is 2. The summed E-state index contributed by atoms with van der Waals surface area (Å²) in [5.41, 5.74) is 5.40. The Morgan fingerprint density at radius 2 is 1.85 bits per heavy atom. The van der Waals surface area contributed by atoms with Crippen molar-refractivity contribution >= 4 is 33.0 Å². The molecule has 0 aliphatic heterocycles. The third-order valence-corrected chi connectivity index (χ3v) is 4.67. The van der Waals surface area contributed by atoms with Crippen molar-refractivity contribution in [2.45, 2.75) is 12.5 Å². The van der Waals surface area contributed by atoms with Crippen molar-refractivity contribution in [1.82, 2.24) is 5.43 Å². The third-order valence-electron chi connectivity index (χ3n) is 3.44. The number of hydrazine groups is 1. The van der Waals surface area contributed by atoms with Crippen LogP contribution in [0.2, 0.25) is 5.02 Å². The lowest BCUT2D eigenvalue weighted by molar-refractivity contribution is 0.557. The summed E-state index contributed by atoms with van der Waals surface area (Å²) in [4.78, 5) is 0. The summed E-state index contributed by atoms with van der Waals surface area (Å²) in [7, 11) is 0. The summed E-state index contributed by atoms with van der Waals surface area (Å²) in [6.45, 7) is 0. The van der Waals surface area contributed by atoms with E-state index in [2.05, 4.69) is 35.1 Å². The Labute approximate surface area is 127 Å². The van der Waals surface area contributed by atoms with Crippen LogP contribution in [-0.4, -0.2) is 0 Å². The maximum absolute atomic E-state index is 5.92. The van der Waals surface area contributed by atoms with Gasteiger partial charge in [0, 0.05) is 9.72 Å². The Kier molecular flexibility index (Phi) is 4.03. The number of nitrogens with one attached hydrogen (secondary N) is 1. The van der Waals surface area contributed by atoms with Crippen LogP contribution in [0.25, 0.3) is 10.1 Å². The smallest absolute Gasteiger partial charge is 0.0514 e. The number of thiophene rings is 1. The predicted octanol–water partition coefficient (Wildman–Crippen LogP) is 4.30. The molecule has 1 atom stereocenters. The third kappa shape index (κ3) is 2.72. The van der Waals surface area contributed by atoms with E-state index in [-0.39, 0.29) is 6.04 Å². The van der Waals surface area contributed by atoms with Crippen molar-refractivity contribution < 1.29 is 0 Å². The van der Waals surface area contributed by atoms with Crippen molar-refractivity contribution in [1.29, 1.82) is 0 Å². The van der Waals surface area contributed by atoms with Gasteiger partial charge in [0.15, 0.2) is 0 Å². The molecule has 0 fully saturated rings. The number of hydrogen-bond acceptors (Lipinski definition) is 3. The summed E-state index contributed by atoms with van der Waals surface area (Å²) in [6.07, 6.45) is 0.842. The minimum Gasteiger partial charge on any atom is -0.271 e. The first-order valence-electron chi connectivity index (χ1n) is 6.44. The summed E-state index contributed by atoms with van der Waals surface area (Å²) in [6, 6.07) is 16.4. The molecule has 0 amide bonds. The topological polar surface area (TPSA) is 38.0 Å². The van der Waals surface area contributed by atoms with Crippen LogP contribution in [-0.2, 0) is 6.42 Å². The number of halogens is 1. The lowest BCUT2D eigenvalue weighted by Crippen LogP contribution is -2.29. The van der Waals surface area contributed by atoms with E-state index in [1.165, 1.54) is 21.2 Å². The molecule has 0 bridgehead atoms. The maximum Gasteiger partial charge on any atom is 0.0514 e.